The zero-order chi connectivity index (χ0) is 9.68. The van der Waals surface area contributed by atoms with Crippen LogP contribution in [0.1, 0.15) is 30.1 Å². The van der Waals surface area contributed by atoms with Crippen molar-refractivity contribution < 1.29 is 17.2 Å². The van der Waals surface area contributed by atoms with Crippen LogP contribution in [-0.4, -0.2) is 5.78 Å². The van der Waals surface area contributed by atoms with Gasteiger partial charge in [0.25, 0.3) is 0 Å². The highest BCUT2D eigenvalue weighted by Crippen LogP contribution is 2.20. The number of ketones is 1. The van der Waals surface area contributed by atoms with Crippen LogP contribution >= 0.6 is 0 Å². The zero-order valence-electron chi connectivity index (χ0n) is 7.90. The van der Waals surface area contributed by atoms with Crippen molar-refractivity contribution in [1.29, 1.82) is 5.39 Å². The lowest BCUT2D eigenvalue weighted by Crippen LogP contribution is -3.00. The molecule has 14 heavy (non-hydrogen) atoms. The standard InChI is InChI=1S/C10H11N2O.ClH/c1-2-5-10(13)8-6-3-4-7-9(8)12-11;/h3-4,6-7H,2,5H2,1H3;1H/q+1;/p-1. The summed E-state index contributed by atoms with van der Waals surface area (Å²) in [4.78, 5) is 14.5. The predicted molar refractivity (Wildman–Crippen MR) is 50.4 cm³/mol. The van der Waals surface area contributed by atoms with Gasteiger partial charge in [-0.25, -0.2) is 0 Å². The molecule has 3 nitrogen and oxygen atoms in total. The van der Waals surface area contributed by atoms with Crippen molar-refractivity contribution in [3.8, 4) is 0 Å². The van der Waals surface area contributed by atoms with Gasteiger partial charge in [-0.3, -0.25) is 4.79 Å². The molecule has 74 valence electrons. The van der Waals surface area contributed by atoms with E-state index in [9.17, 15) is 4.79 Å². The Kier molecular flexibility index (Phi) is 5.50. The number of Topliss-reactive ketones (excluding diaryl/α,β-unsaturated/α-hetero) is 1. The van der Waals surface area contributed by atoms with Crippen LogP contribution in [0.25, 0.3) is 4.98 Å². The highest BCUT2D eigenvalue weighted by atomic mass is 35.5. The van der Waals surface area contributed by atoms with E-state index < -0.39 is 0 Å². The second kappa shape index (κ2) is 6.11. The summed E-state index contributed by atoms with van der Waals surface area (Å²) in [5.74, 6) is 0.0240. The van der Waals surface area contributed by atoms with Crippen LogP contribution in [-0.2, 0) is 0 Å². The normalized spacial score (nSPS) is 8.57. The second-order valence-corrected chi connectivity index (χ2v) is 2.79. The van der Waals surface area contributed by atoms with Crippen LogP contribution in [0.4, 0.5) is 5.69 Å². The minimum absolute atomic E-state index is 0. The molecule has 0 saturated carbocycles. The summed E-state index contributed by atoms with van der Waals surface area (Å²) in [6, 6.07) is 6.78. The lowest BCUT2D eigenvalue weighted by molar-refractivity contribution is -0.0000110. The zero-order valence-corrected chi connectivity index (χ0v) is 8.66. The number of hydrogen-bond donors (Lipinski definition) is 0. The topological polar surface area (TPSA) is 45.2 Å². The Bertz CT molecular complexity index is 357. The summed E-state index contributed by atoms with van der Waals surface area (Å²) < 4.78 is 0. The fourth-order valence-electron chi connectivity index (χ4n) is 1.16. The van der Waals surface area contributed by atoms with Crippen LogP contribution < -0.4 is 12.4 Å². The summed E-state index contributed by atoms with van der Waals surface area (Å²) in [7, 11) is 0. The van der Waals surface area contributed by atoms with E-state index in [-0.39, 0.29) is 18.2 Å². The number of nitrogens with zero attached hydrogens (tertiary/aromatic N) is 2. The van der Waals surface area contributed by atoms with Crippen molar-refractivity contribution >= 4 is 11.5 Å². The monoisotopic (exact) mass is 210 g/mol. The number of benzene rings is 1. The predicted octanol–water partition coefficient (Wildman–Crippen LogP) is 0.158. The van der Waals surface area contributed by atoms with E-state index in [0.29, 0.717) is 17.7 Å². The van der Waals surface area contributed by atoms with Crippen molar-refractivity contribution in [3.05, 3.63) is 34.8 Å². The van der Waals surface area contributed by atoms with Gasteiger partial charge in [-0.2, -0.15) is 0 Å². The molecule has 0 radical (unpaired) electrons. The van der Waals surface area contributed by atoms with Crippen molar-refractivity contribution in [1.82, 2.24) is 0 Å². The maximum absolute atomic E-state index is 11.5. The van der Waals surface area contributed by atoms with Crippen LogP contribution in [0, 0.1) is 5.39 Å². The first-order valence-electron chi connectivity index (χ1n) is 4.27. The third kappa shape index (κ3) is 2.82. The van der Waals surface area contributed by atoms with Crippen LogP contribution in [0.2, 0.25) is 0 Å². The lowest BCUT2D eigenvalue weighted by Gasteiger charge is -1.93. The smallest absolute Gasteiger partial charge is 0.395 e. The molecule has 0 unspecified atom stereocenters. The molecule has 0 amide bonds. The van der Waals surface area contributed by atoms with Crippen LogP contribution in [0.5, 0.6) is 0 Å². The highest BCUT2D eigenvalue weighted by molar-refractivity contribution is 6.01. The molecule has 0 atom stereocenters. The molecule has 1 aromatic rings. The number of hydrogen-bond acceptors (Lipinski definition) is 2. The van der Waals surface area contributed by atoms with Gasteiger partial charge in [-0.1, -0.05) is 19.1 Å². The first-order chi connectivity index (χ1) is 6.29. The fourth-order valence-corrected chi connectivity index (χ4v) is 1.16. The quantitative estimate of drug-likeness (QED) is 0.527. The number of carbonyl (C=O) groups excluding carboxylic acids is 1. The van der Waals surface area contributed by atoms with Gasteiger partial charge in [0, 0.05) is 12.5 Å². The molecule has 4 heteroatoms. The van der Waals surface area contributed by atoms with E-state index in [1.807, 2.05) is 6.92 Å². The Morgan fingerprint density at radius 2 is 2.07 bits per heavy atom. The van der Waals surface area contributed by atoms with E-state index in [0.717, 1.165) is 6.42 Å². The summed E-state index contributed by atoms with van der Waals surface area (Å²) in [6.07, 6.45) is 1.30. The van der Waals surface area contributed by atoms with E-state index >= 15 is 0 Å². The maximum Gasteiger partial charge on any atom is 0.395 e. The molecule has 0 spiro atoms. The Morgan fingerprint density at radius 1 is 1.43 bits per heavy atom. The molecule has 1 rings (SSSR count). The largest absolute Gasteiger partial charge is 1.00 e. The number of carbonyl (C=O) groups is 1. The molecule has 0 aliphatic heterocycles. The molecular weight excluding hydrogens is 200 g/mol. The summed E-state index contributed by atoms with van der Waals surface area (Å²) in [5, 5.41) is 8.61. The Balaban J connectivity index is 0.00000169. The SMILES string of the molecule is CCCC(=O)c1ccccc1[N+]#N.[Cl-]. The molecule has 0 aromatic heterocycles. The molecule has 0 fully saturated rings. The van der Waals surface area contributed by atoms with Crippen molar-refractivity contribution in [2.75, 3.05) is 0 Å². The van der Waals surface area contributed by atoms with Gasteiger partial charge in [0.2, 0.25) is 5.39 Å². The van der Waals surface area contributed by atoms with Crippen LogP contribution in [0.15, 0.2) is 24.3 Å². The first-order valence-corrected chi connectivity index (χ1v) is 4.27. The minimum Gasteiger partial charge on any atom is -1.00 e. The third-order valence-corrected chi connectivity index (χ3v) is 1.79. The van der Waals surface area contributed by atoms with Gasteiger partial charge in [0.1, 0.15) is 5.56 Å². The molecular formula is C10H11ClN2O. The second-order valence-electron chi connectivity index (χ2n) is 2.79. The van der Waals surface area contributed by atoms with Crippen molar-refractivity contribution in [3.63, 3.8) is 0 Å². The van der Waals surface area contributed by atoms with E-state index in [4.69, 9.17) is 5.39 Å². The Labute approximate surface area is 89.2 Å². The molecule has 0 bridgehead atoms. The summed E-state index contributed by atoms with van der Waals surface area (Å²) in [5.41, 5.74) is 0.841. The number of halogens is 1. The molecule has 0 saturated heterocycles. The summed E-state index contributed by atoms with van der Waals surface area (Å²) in [6.45, 7) is 1.94. The Morgan fingerprint density at radius 3 is 2.64 bits per heavy atom. The number of diazo groups is 1. The Hall–Kier alpha value is -1.40. The van der Waals surface area contributed by atoms with Gasteiger partial charge in [-0.15, -0.1) is 0 Å². The van der Waals surface area contributed by atoms with Crippen molar-refractivity contribution in [2.24, 2.45) is 0 Å². The molecule has 0 aliphatic rings. The lowest BCUT2D eigenvalue weighted by atomic mass is 10.1. The van der Waals surface area contributed by atoms with Gasteiger partial charge in [0.15, 0.2) is 10.8 Å². The molecule has 0 aliphatic carbocycles. The van der Waals surface area contributed by atoms with E-state index in [1.54, 1.807) is 24.3 Å². The van der Waals surface area contributed by atoms with Gasteiger partial charge >= 0.3 is 5.69 Å². The van der Waals surface area contributed by atoms with Gasteiger partial charge in [0.05, 0.1) is 0 Å². The maximum atomic E-state index is 11.5. The summed E-state index contributed by atoms with van der Waals surface area (Å²) >= 11 is 0. The molecule has 0 heterocycles. The number of rotatable bonds is 3. The van der Waals surface area contributed by atoms with Crippen molar-refractivity contribution in [2.45, 2.75) is 19.8 Å². The third-order valence-electron chi connectivity index (χ3n) is 1.79. The van der Waals surface area contributed by atoms with E-state index in [1.165, 1.54) is 0 Å². The highest BCUT2D eigenvalue weighted by Gasteiger charge is 2.17. The average molecular weight is 211 g/mol. The van der Waals surface area contributed by atoms with Gasteiger partial charge in [-0.05, 0) is 12.5 Å². The van der Waals surface area contributed by atoms with E-state index in [2.05, 4.69) is 4.98 Å². The fraction of sp³-hybridized carbons (Fsp3) is 0.300. The van der Waals surface area contributed by atoms with Crippen LogP contribution in [0.3, 0.4) is 0 Å². The van der Waals surface area contributed by atoms with Gasteiger partial charge < -0.3 is 12.4 Å². The minimum atomic E-state index is 0. The molecule has 1 aromatic carbocycles. The average Bonchev–Trinajstić information content (AvgIpc) is 2.18. The molecule has 0 N–H and O–H groups in total. The first kappa shape index (κ1) is 12.6.